The van der Waals surface area contributed by atoms with Crippen LogP contribution in [0.2, 0.25) is 0 Å². The van der Waals surface area contributed by atoms with Crippen LogP contribution in [0.3, 0.4) is 0 Å². The minimum Gasteiger partial charge on any atom is -0.325 e. The van der Waals surface area contributed by atoms with Crippen LogP contribution in [0.5, 0.6) is 0 Å². The first kappa shape index (κ1) is 23.0. The summed E-state index contributed by atoms with van der Waals surface area (Å²) < 4.78 is 28.1. The third kappa shape index (κ3) is 5.06. The lowest BCUT2D eigenvalue weighted by molar-refractivity contribution is -0.113. The molecule has 1 saturated carbocycles. The van der Waals surface area contributed by atoms with E-state index in [1.165, 1.54) is 36.8 Å². The van der Waals surface area contributed by atoms with E-state index in [2.05, 4.69) is 26.1 Å². The summed E-state index contributed by atoms with van der Waals surface area (Å²) in [6.07, 6.45) is 2.93. The lowest BCUT2D eigenvalue weighted by Gasteiger charge is -2.14. The summed E-state index contributed by atoms with van der Waals surface area (Å²) in [5.41, 5.74) is 1.28. The highest BCUT2D eigenvalue weighted by Gasteiger charge is 2.30. The van der Waals surface area contributed by atoms with Crippen molar-refractivity contribution in [3.8, 4) is 0 Å². The number of thioether (sulfide) groups is 1. The van der Waals surface area contributed by atoms with Crippen molar-refractivity contribution in [1.29, 1.82) is 0 Å². The largest absolute Gasteiger partial charge is 0.325 e. The summed E-state index contributed by atoms with van der Waals surface area (Å²) in [5.74, 6) is 0.867. The zero-order chi connectivity index (χ0) is 22.9. The van der Waals surface area contributed by atoms with E-state index in [9.17, 15) is 13.2 Å². The van der Waals surface area contributed by atoms with Gasteiger partial charge in [0.1, 0.15) is 5.82 Å². The number of hydrogen-bond donors (Lipinski definition) is 1. The maximum atomic E-state index is 12.6. The Bertz CT molecular complexity index is 1220. The standard InChI is InChI=1S/C21H25N5O3S3/c1-14-6-9-17(32(28,29)25(2)3)12-18(14)22-20(27)13-31-21-24-23-19(26(21)15-7-8-15)11-16-5-4-10-30-16/h4-6,9-10,12,15H,7-8,11,13H2,1-3H3,(H,22,27). The topological polar surface area (TPSA) is 97.2 Å². The Labute approximate surface area is 196 Å². The number of hydrogen-bond acceptors (Lipinski definition) is 7. The SMILES string of the molecule is Cc1ccc(S(=O)(=O)N(C)C)cc1NC(=O)CSc1nnc(Cc2cccs2)n1C1CC1. The van der Waals surface area contributed by atoms with Crippen molar-refractivity contribution < 1.29 is 13.2 Å². The van der Waals surface area contributed by atoms with E-state index in [0.717, 1.165) is 40.1 Å². The molecule has 1 aliphatic carbocycles. The Kier molecular flexibility index (Phi) is 6.70. The fourth-order valence-electron chi connectivity index (χ4n) is 3.22. The molecular weight excluding hydrogens is 466 g/mol. The van der Waals surface area contributed by atoms with E-state index < -0.39 is 10.0 Å². The zero-order valence-corrected chi connectivity index (χ0v) is 20.6. The van der Waals surface area contributed by atoms with Crippen LogP contribution in [0.1, 0.15) is 35.1 Å². The molecule has 0 radical (unpaired) electrons. The predicted molar refractivity (Wildman–Crippen MR) is 127 cm³/mol. The van der Waals surface area contributed by atoms with Gasteiger partial charge in [-0.15, -0.1) is 21.5 Å². The van der Waals surface area contributed by atoms with Crippen molar-refractivity contribution in [2.75, 3.05) is 25.2 Å². The lowest BCUT2D eigenvalue weighted by Crippen LogP contribution is -2.22. The minimum atomic E-state index is -3.58. The molecule has 170 valence electrons. The summed E-state index contributed by atoms with van der Waals surface area (Å²) in [5, 5.41) is 14.4. The van der Waals surface area contributed by atoms with E-state index in [1.807, 2.05) is 18.4 Å². The molecule has 0 atom stereocenters. The first-order valence-corrected chi connectivity index (χ1v) is 13.5. The highest BCUT2D eigenvalue weighted by molar-refractivity contribution is 7.99. The third-order valence-corrected chi connectivity index (χ3v) is 8.78. The maximum Gasteiger partial charge on any atom is 0.242 e. The second-order valence-electron chi connectivity index (χ2n) is 7.86. The molecule has 1 fully saturated rings. The van der Waals surface area contributed by atoms with Crippen LogP contribution in [0.25, 0.3) is 0 Å². The maximum absolute atomic E-state index is 12.6. The molecule has 3 aromatic rings. The average Bonchev–Trinajstić information content (AvgIpc) is 3.30. The number of sulfonamides is 1. The molecule has 2 aromatic heterocycles. The van der Waals surface area contributed by atoms with Gasteiger partial charge in [0, 0.05) is 37.1 Å². The number of anilines is 1. The Morgan fingerprint density at radius 1 is 1.28 bits per heavy atom. The number of aryl methyl sites for hydroxylation is 1. The number of aromatic nitrogens is 3. The Hall–Kier alpha value is -2.21. The smallest absolute Gasteiger partial charge is 0.242 e. The minimum absolute atomic E-state index is 0.141. The monoisotopic (exact) mass is 491 g/mol. The molecule has 32 heavy (non-hydrogen) atoms. The first-order chi connectivity index (χ1) is 15.3. The van der Waals surface area contributed by atoms with Crippen molar-refractivity contribution in [3.63, 3.8) is 0 Å². The number of nitrogens with one attached hydrogen (secondary N) is 1. The second-order valence-corrected chi connectivity index (χ2v) is 12.0. The average molecular weight is 492 g/mol. The molecule has 4 rings (SSSR count). The molecule has 1 aromatic carbocycles. The van der Waals surface area contributed by atoms with Gasteiger partial charge in [0.05, 0.1) is 10.6 Å². The number of rotatable bonds is 9. The summed E-state index contributed by atoms with van der Waals surface area (Å²) >= 11 is 3.05. The Balaban J connectivity index is 1.44. The first-order valence-electron chi connectivity index (χ1n) is 10.2. The van der Waals surface area contributed by atoms with E-state index >= 15 is 0 Å². The second kappa shape index (κ2) is 9.34. The van der Waals surface area contributed by atoms with Crippen molar-refractivity contribution >= 4 is 44.7 Å². The van der Waals surface area contributed by atoms with Gasteiger partial charge in [-0.05, 0) is 48.9 Å². The van der Waals surface area contributed by atoms with Gasteiger partial charge in [-0.1, -0.05) is 23.9 Å². The van der Waals surface area contributed by atoms with Gasteiger partial charge in [0.15, 0.2) is 5.16 Å². The summed E-state index contributed by atoms with van der Waals surface area (Å²) in [6.45, 7) is 1.83. The number of amides is 1. The molecule has 1 N–H and O–H groups in total. The van der Waals surface area contributed by atoms with Crippen LogP contribution in [0.15, 0.2) is 45.8 Å². The quantitative estimate of drug-likeness (QED) is 0.460. The molecule has 0 bridgehead atoms. The fraction of sp³-hybridized carbons (Fsp3) is 0.381. The van der Waals surface area contributed by atoms with E-state index in [4.69, 9.17) is 0 Å². The van der Waals surface area contributed by atoms with Gasteiger partial charge in [-0.2, -0.15) is 0 Å². The fourth-order valence-corrected chi connectivity index (χ4v) is 5.67. The van der Waals surface area contributed by atoms with Crippen LogP contribution in [-0.2, 0) is 21.2 Å². The van der Waals surface area contributed by atoms with Crippen molar-refractivity contribution in [2.45, 2.75) is 42.3 Å². The highest BCUT2D eigenvalue weighted by Crippen LogP contribution is 2.39. The molecule has 8 nitrogen and oxygen atoms in total. The Morgan fingerprint density at radius 2 is 2.06 bits per heavy atom. The van der Waals surface area contributed by atoms with E-state index in [0.29, 0.717) is 11.7 Å². The van der Waals surface area contributed by atoms with Crippen molar-refractivity contribution in [3.05, 3.63) is 52.0 Å². The molecule has 1 amide bonds. The Morgan fingerprint density at radius 3 is 2.72 bits per heavy atom. The molecule has 0 spiro atoms. The number of thiophene rings is 1. The van der Waals surface area contributed by atoms with Crippen LogP contribution in [0.4, 0.5) is 5.69 Å². The number of carbonyl (C=O) groups excluding carboxylic acids is 1. The van der Waals surface area contributed by atoms with Crippen LogP contribution in [0, 0.1) is 6.92 Å². The van der Waals surface area contributed by atoms with Crippen LogP contribution in [-0.4, -0.2) is 53.2 Å². The van der Waals surface area contributed by atoms with Crippen LogP contribution < -0.4 is 5.32 Å². The summed E-state index contributed by atoms with van der Waals surface area (Å²) in [4.78, 5) is 14.0. The number of carbonyl (C=O) groups is 1. The lowest BCUT2D eigenvalue weighted by atomic mass is 10.2. The van der Waals surface area contributed by atoms with E-state index in [1.54, 1.807) is 23.5 Å². The molecule has 0 saturated heterocycles. The van der Waals surface area contributed by atoms with Gasteiger partial charge < -0.3 is 9.88 Å². The normalized spacial score (nSPS) is 14.1. The van der Waals surface area contributed by atoms with Gasteiger partial charge in [-0.25, -0.2) is 12.7 Å². The summed E-state index contributed by atoms with van der Waals surface area (Å²) in [6, 6.07) is 9.25. The molecule has 0 aliphatic heterocycles. The van der Waals surface area contributed by atoms with Crippen molar-refractivity contribution in [2.24, 2.45) is 0 Å². The number of benzene rings is 1. The number of nitrogens with zero attached hydrogens (tertiary/aromatic N) is 4. The molecule has 0 unspecified atom stereocenters. The van der Waals surface area contributed by atoms with Crippen LogP contribution >= 0.6 is 23.1 Å². The zero-order valence-electron chi connectivity index (χ0n) is 18.1. The highest BCUT2D eigenvalue weighted by atomic mass is 32.2. The molecule has 2 heterocycles. The summed E-state index contributed by atoms with van der Waals surface area (Å²) in [7, 11) is -0.620. The van der Waals surface area contributed by atoms with Gasteiger partial charge >= 0.3 is 0 Å². The molecular formula is C21H25N5O3S3. The van der Waals surface area contributed by atoms with Gasteiger partial charge in [0.25, 0.3) is 0 Å². The third-order valence-electron chi connectivity index (χ3n) is 5.15. The predicted octanol–water partition coefficient (Wildman–Crippen LogP) is 3.55. The van der Waals surface area contributed by atoms with Crippen molar-refractivity contribution in [1.82, 2.24) is 19.1 Å². The van der Waals surface area contributed by atoms with E-state index in [-0.39, 0.29) is 16.6 Å². The molecule has 1 aliphatic rings. The molecule has 11 heteroatoms. The van der Waals surface area contributed by atoms with Gasteiger partial charge in [-0.3, -0.25) is 4.79 Å². The van der Waals surface area contributed by atoms with Gasteiger partial charge in [0.2, 0.25) is 15.9 Å².